The smallest absolute Gasteiger partial charge is 0.469 e. The van der Waals surface area contributed by atoms with Gasteiger partial charge in [-0.15, -0.1) is 24.8 Å². The monoisotopic (exact) mass is 351 g/mol. The molecule has 0 fully saturated rings. The van der Waals surface area contributed by atoms with Gasteiger partial charge in [0.1, 0.15) is 5.75 Å². The second kappa shape index (κ2) is 6.59. The Labute approximate surface area is 125 Å². The zero-order valence-corrected chi connectivity index (χ0v) is 11.6. The summed E-state index contributed by atoms with van der Waals surface area (Å²) in [7, 11) is 0.874. The molecule has 22 heavy (non-hydrogen) atoms. The van der Waals surface area contributed by atoms with E-state index in [-0.39, 0.29) is 0 Å². The summed E-state index contributed by atoms with van der Waals surface area (Å²) < 4.78 is 83.6. The van der Waals surface area contributed by atoms with E-state index in [0.717, 1.165) is 7.11 Å². The highest BCUT2D eigenvalue weighted by Gasteiger charge is 2.41. The van der Waals surface area contributed by atoms with Crippen LogP contribution >= 0.6 is 11.6 Å². The molecule has 0 unspecified atom stereocenters. The van der Waals surface area contributed by atoms with Crippen molar-refractivity contribution < 1.29 is 40.6 Å². The molecule has 0 amide bonds. The highest BCUT2D eigenvalue weighted by molar-refractivity contribution is 6.17. The molecule has 0 N–H and O–H groups in total. The first kappa shape index (κ1) is 18.3. The Hall–Kier alpha value is -1.71. The van der Waals surface area contributed by atoms with Gasteiger partial charge in [0.05, 0.1) is 19.4 Å². The summed E-state index contributed by atoms with van der Waals surface area (Å²) in [4.78, 5) is 14.2. The van der Waals surface area contributed by atoms with Crippen LogP contribution in [0.2, 0.25) is 0 Å². The van der Waals surface area contributed by atoms with Crippen molar-refractivity contribution in [3.63, 3.8) is 0 Å². The van der Waals surface area contributed by atoms with Gasteiger partial charge in [0, 0.05) is 17.3 Å². The standard InChI is InChI=1S/C11H8ClF6NO3/c1-21-7(20)2-6-8(22-11(16,17)18)5(3-12)4-19-9(6)10(13,14)15/h4H,2-3H2,1H3. The summed E-state index contributed by atoms with van der Waals surface area (Å²) in [5.41, 5.74) is -3.20. The summed E-state index contributed by atoms with van der Waals surface area (Å²) in [6, 6.07) is 0. The third-order valence-corrected chi connectivity index (χ3v) is 2.67. The van der Waals surface area contributed by atoms with Crippen LogP contribution in [0, 0.1) is 0 Å². The van der Waals surface area contributed by atoms with Gasteiger partial charge >= 0.3 is 18.5 Å². The predicted octanol–water partition coefficient (Wildman–Crippen LogP) is 3.45. The SMILES string of the molecule is COC(=O)Cc1c(C(F)(F)F)ncc(CCl)c1OC(F)(F)F. The first-order valence-electron chi connectivity index (χ1n) is 5.46. The van der Waals surface area contributed by atoms with Crippen molar-refractivity contribution >= 4 is 17.6 Å². The molecule has 0 saturated carbocycles. The summed E-state index contributed by atoms with van der Waals surface area (Å²) in [5, 5.41) is 0. The van der Waals surface area contributed by atoms with Crippen molar-refractivity contribution in [1.29, 1.82) is 0 Å². The molecule has 1 heterocycles. The molecule has 0 radical (unpaired) electrons. The zero-order chi connectivity index (χ0) is 17.1. The molecule has 0 bridgehead atoms. The fraction of sp³-hybridized carbons (Fsp3) is 0.455. The molecule has 0 aliphatic heterocycles. The number of rotatable bonds is 4. The summed E-state index contributed by atoms with van der Waals surface area (Å²) in [5.74, 6) is -2.98. The van der Waals surface area contributed by atoms with Crippen LogP contribution in [0.25, 0.3) is 0 Å². The molecule has 0 aliphatic carbocycles. The quantitative estimate of drug-likeness (QED) is 0.473. The Morgan fingerprint density at radius 1 is 1.27 bits per heavy atom. The van der Waals surface area contributed by atoms with Crippen LogP contribution in [0.4, 0.5) is 26.3 Å². The van der Waals surface area contributed by atoms with Gasteiger partial charge < -0.3 is 9.47 Å². The van der Waals surface area contributed by atoms with Crippen molar-refractivity contribution in [1.82, 2.24) is 4.98 Å². The van der Waals surface area contributed by atoms with Gasteiger partial charge in [-0.25, -0.2) is 0 Å². The Morgan fingerprint density at radius 3 is 2.27 bits per heavy atom. The molecular formula is C11H8ClF6NO3. The fourth-order valence-corrected chi connectivity index (χ4v) is 1.73. The maximum atomic E-state index is 12.9. The third kappa shape index (κ3) is 4.65. The van der Waals surface area contributed by atoms with E-state index in [2.05, 4.69) is 14.5 Å². The molecule has 0 spiro atoms. The van der Waals surface area contributed by atoms with Crippen LogP contribution < -0.4 is 4.74 Å². The summed E-state index contributed by atoms with van der Waals surface area (Å²) in [6.07, 6.45) is -10.9. The number of hydrogen-bond donors (Lipinski definition) is 0. The van der Waals surface area contributed by atoms with E-state index in [1.165, 1.54) is 0 Å². The predicted molar refractivity (Wildman–Crippen MR) is 61.2 cm³/mol. The zero-order valence-electron chi connectivity index (χ0n) is 10.8. The van der Waals surface area contributed by atoms with Crippen LogP contribution in [0.3, 0.4) is 0 Å². The van der Waals surface area contributed by atoms with Crippen molar-refractivity contribution in [3.8, 4) is 5.75 Å². The molecule has 0 atom stereocenters. The first-order valence-corrected chi connectivity index (χ1v) is 5.99. The molecule has 1 rings (SSSR count). The summed E-state index contributed by atoms with van der Waals surface area (Å²) in [6.45, 7) is 0. The third-order valence-electron chi connectivity index (χ3n) is 2.38. The Balaban J connectivity index is 3.55. The molecule has 0 aliphatic rings. The lowest BCUT2D eigenvalue weighted by Crippen LogP contribution is -2.23. The van der Waals surface area contributed by atoms with E-state index >= 15 is 0 Å². The second-order valence-electron chi connectivity index (χ2n) is 3.87. The first-order chi connectivity index (χ1) is 9.99. The number of hydrogen-bond acceptors (Lipinski definition) is 4. The van der Waals surface area contributed by atoms with E-state index < -0.39 is 53.4 Å². The maximum absolute atomic E-state index is 12.9. The van der Waals surface area contributed by atoms with Gasteiger partial charge in [0.2, 0.25) is 0 Å². The number of nitrogens with zero attached hydrogens (tertiary/aromatic N) is 1. The molecular weight excluding hydrogens is 344 g/mol. The average molecular weight is 352 g/mol. The molecule has 11 heteroatoms. The lowest BCUT2D eigenvalue weighted by Gasteiger charge is -2.19. The Bertz CT molecular complexity index is 558. The van der Waals surface area contributed by atoms with Crippen LogP contribution in [-0.4, -0.2) is 24.4 Å². The minimum Gasteiger partial charge on any atom is -0.469 e. The van der Waals surface area contributed by atoms with Crippen LogP contribution in [-0.2, 0) is 28.0 Å². The molecule has 124 valence electrons. The topological polar surface area (TPSA) is 48.4 Å². The van der Waals surface area contributed by atoms with E-state index in [9.17, 15) is 31.1 Å². The van der Waals surface area contributed by atoms with Crippen molar-refractivity contribution in [3.05, 3.63) is 23.0 Å². The molecule has 1 aromatic heterocycles. The number of aromatic nitrogens is 1. The van der Waals surface area contributed by atoms with Gasteiger partial charge in [-0.2, -0.15) is 13.2 Å². The van der Waals surface area contributed by atoms with Crippen molar-refractivity contribution in [2.24, 2.45) is 0 Å². The molecule has 4 nitrogen and oxygen atoms in total. The van der Waals surface area contributed by atoms with E-state index in [1.54, 1.807) is 0 Å². The van der Waals surface area contributed by atoms with Crippen LogP contribution in [0.5, 0.6) is 5.75 Å². The second-order valence-corrected chi connectivity index (χ2v) is 4.14. The van der Waals surface area contributed by atoms with Gasteiger partial charge in [0.15, 0.2) is 5.69 Å². The van der Waals surface area contributed by atoms with Crippen molar-refractivity contribution in [2.45, 2.75) is 24.8 Å². The number of esters is 1. The Morgan fingerprint density at radius 2 is 1.86 bits per heavy atom. The van der Waals surface area contributed by atoms with Crippen molar-refractivity contribution in [2.75, 3.05) is 7.11 Å². The number of methoxy groups -OCH3 is 1. The number of carbonyl (C=O) groups is 1. The molecule has 0 saturated heterocycles. The number of pyridine rings is 1. The van der Waals surface area contributed by atoms with Gasteiger partial charge in [0.25, 0.3) is 0 Å². The molecule has 0 aromatic carbocycles. The average Bonchev–Trinajstić information content (AvgIpc) is 2.37. The van der Waals surface area contributed by atoms with Gasteiger partial charge in [-0.3, -0.25) is 9.78 Å². The number of carbonyl (C=O) groups excluding carboxylic acids is 1. The number of ether oxygens (including phenoxy) is 2. The van der Waals surface area contributed by atoms with E-state index in [1.807, 2.05) is 0 Å². The highest BCUT2D eigenvalue weighted by atomic mass is 35.5. The maximum Gasteiger partial charge on any atom is 0.573 e. The number of alkyl halides is 7. The lowest BCUT2D eigenvalue weighted by molar-refractivity contribution is -0.275. The van der Waals surface area contributed by atoms with Crippen LogP contribution in [0.1, 0.15) is 16.8 Å². The fourth-order valence-electron chi connectivity index (χ4n) is 1.54. The lowest BCUT2D eigenvalue weighted by atomic mass is 10.1. The van der Waals surface area contributed by atoms with E-state index in [4.69, 9.17) is 11.6 Å². The molecule has 1 aromatic rings. The summed E-state index contributed by atoms with van der Waals surface area (Å²) >= 11 is 5.39. The normalized spacial score (nSPS) is 12.2. The highest BCUT2D eigenvalue weighted by Crippen LogP contribution is 2.39. The Kier molecular flexibility index (Phi) is 5.49. The minimum absolute atomic E-state index is 0.439. The van der Waals surface area contributed by atoms with Gasteiger partial charge in [-0.05, 0) is 0 Å². The minimum atomic E-state index is -5.27. The largest absolute Gasteiger partial charge is 0.573 e. The van der Waals surface area contributed by atoms with Crippen LogP contribution in [0.15, 0.2) is 6.20 Å². The number of halogens is 7. The van der Waals surface area contributed by atoms with Gasteiger partial charge in [-0.1, -0.05) is 0 Å². The van der Waals surface area contributed by atoms with E-state index in [0.29, 0.717) is 6.20 Å².